The number of aliphatic carboxylic acids is 1. The molecule has 0 radical (unpaired) electrons. The Balaban J connectivity index is 4.49. The van der Waals surface area contributed by atoms with E-state index >= 15 is 0 Å². The molecular formula is C8H14O7. The van der Waals surface area contributed by atoms with Gasteiger partial charge in [-0.25, -0.2) is 4.79 Å². The maximum Gasteiger partial charge on any atom is 0.335 e. The third-order valence-corrected chi connectivity index (χ3v) is 1.93. The first-order chi connectivity index (χ1) is 6.82. The van der Waals surface area contributed by atoms with Crippen molar-refractivity contribution in [2.75, 3.05) is 0 Å². The Kier molecular flexibility index (Phi) is 5.37. The fourth-order valence-corrected chi connectivity index (χ4v) is 0.919. The highest BCUT2D eigenvalue weighted by Gasteiger charge is 2.36. The van der Waals surface area contributed by atoms with Crippen LogP contribution >= 0.6 is 0 Å². The number of carbonyl (C=O) groups is 2. The molecule has 0 spiro atoms. The van der Waals surface area contributed by atoms with E-state index in [1.807, 2.05) is 0 Å². The van der Waals surface area contributed by atoms with E-state index in [1.54, 1.807) is 0 Å². The highest BCUT2D eigenvalue weighted by molar-refractivity contribution is 5.83. The van der Waals surface area contributed by atoms with E-state index in [1.165, 1.54) is 6.92 Å². The van der Waals surface area contributed by atoms with Crippen molar-refractivity contribution in [3.63, 3.8) is 0 Å². The van der Waals surface area contributed by atoms with Crippen LogP contribution in [0.2, 0.25) is 0 Å². The fourth-order valence-electron chi connectivity index (χ4n) is 0.919. The summed E-state index contributed by atoms with van der Waals surface area (Å²) in [5.74, 6) is -2.50. The first kappa shape index (κ1) is 14.0. The molecule has 0 unspecified atom stereocenters. The zero-order chi connectivity index (χ0) is 12.2. The van der Waals surface area contributed by atoms with Crippen molar-refractivity contribution in [1.82, 2.24) is 0 Å². The average molecular weight is 222 g/mol. The van der Waals surface area contributed by atoms with Gasteiger partial charge in [0.05, 0.1) is 0 Å². The molecule has 0 aromatic rings. The Morgan fingerprint density at radius 2 is 1.40 bits per heavy atom. The molecule has 0 bridgehead atoms. The lowest BCUT2D eigenvalue weighted by Crippen LogP contribution is -2.49. The Morgan fingerprint density at radius 3 is 1.73 bits per heavy atom. The third-order valence-electron chi connectivity index (χ3n) is 1.93. The number of aliphatic hydroxyl groups is 4. The van der Waals surface area contributed by atoms with Crippen molar-refractivity contribution >= 4 is 11.8 Å². The summed E-state index contributed by atoms with van der Waals surface area (Å²) in [6.07, 6.45) is -8.37. The lowest BCUT2D eigenvalue weighted by atomic mass is 9.99. The molecule has 0 saturated heterocycles. The molecular weight excluding hydrogens is 208 g/mol. The van der Waals surface area contributed by atoms with Gasteiger partial charge in [0.2, 0.25) is 0 Å². The molecule has 15 heavy (non-hydrogen) atoms. The van der Waals surface area contributed by atoms with E-state index in [9.17, 15) is 9.59 Å². The molecule has 0 aromatic carbocycles. The first-order valence-electron chi connectivity index (χ1n) is 4.30. The van der Waals surface area contributed by atoms with Crippen LogP contribution in [0.5, 0.6) is 0 Å². The molecule has 0 amide bonds. The summed E-state index contributed by atoms with van der Waals surface area (Å²) in [7, 11) is 0. The number of hydrogen-bond acceptors (Lipinski definition) is 6. The quantitative estimate of drug-likeness (QED) is 0.335. The van der Waals surface area contributed by atoms with Gasteiger partial charge in [0.25, 0.3) is 0 Å². The van der Waals surface area contributed by atoms with Gasteiger partial charge in [-0.2, -0.15) is 0 Å². The van der Waals surface area contributed by atoms with Crippen LogP contribution in [0, 0.1) is 0 Å². The zero-order valence-electron chi connectivity index (χ0n) is 8.07. The summed E-state index contributed by atoms with van der Waals surface area (Å²) in [6.45, 7) is 1.43. The predicted molar refractivity (Wildman–Crippen MR) is 47.0 cm³/mol. The van der Waals surface area contributed by atoms with Gasteiger partial charge in [-0.3, -0.25) is 4.79 Å². The normalized spacial score (nSPS) is 19.0. The van der Waals surface area contributed by atoms with Crippen LogP contribution < -0.4 is 0 Å². The summed E-state index contributed by atoms with van der Waals surface area (Å²) in [5, 5.41) is 44.5. The largest absolute Gasteiger partial charge is 0.479 e. The molecule has 4 atom stereocenters. The van der Waals surface area contributed by atoms with Crippen LogP contribution in [0.4, 0.5) is 0 Å². The van der Waals surface area contributed by atoms with Crippen molar-refractivity contribution in [3.8, 4) is 0 Å². The van der Waals surface area contributed by atoms with Crippen molar-refractivity contribution in [3.05, 3.63) is 0 Å². The topological polar surface area (TPSA) is 135 Å². The van der Waals surface area contributed by atoms with Crippen LogP contribution in [0.3, 0.4) is 0 Å². The molecule has 88 valence electrons. The van der Waals surface area contributed by atoms with Gasteiger partial charge >= 0.3 is 5.97 Å². The molecule has 0 aliphatic rings. The van der Waals surface area contributed by atoms with Gasteiger partial charge in [-0.1, -0.05) is 6.92 Å². The van der Waals surface area contributed by atoms with Crippen LogP contribution in [-0.4, -0.2) is 61.7 Å². The second-order valence-corrected chi connectivity index (χ2v) is 3.03. The molecule has 0 aliphatic carbocycles. The molecule has 7 heteroatoms. The SMILES string of the molecule is CCC(=O)[C@@H](O)[C@H](O)[C@H](O)[C@H](O)C(=O)O. The summed E-state index contributed by atoms with van der Waals surface area (Å²) < 4.78 is 0. The highest BCUT2D eigenvalue weighted by Crippen LogP contribution is 2.07. The number of aliphatic hydroxyl groups excluding tert-OH is 4. The van der Waals surface area contributed by atoms with E-state index in [4.69, 9.17) is 25.5 Å². The molecule has 0 rings (SSSR count). The smallest absolute Gasteiger partial charge is 0.335 e. The summed E-state index contributed by atoms with van der Waals surface area (Å²) >= 11 is 0. The molecule has 0 saturated carbocycles. The van der Waals surface area contributed by atoms with Crippen LogP contribution in [0.1, 0.15) is 13.3 Å². The van der Waals surface area contributed by atoms with E-state index in [0.29, 0.717) is 0 Å². The van der Waals surface area contributed by atoms with Gasteiger partial charge in [0.1, 0.15) is 18.3 Å². The maximum atomic E-state index is 10.9. The van der Waals surface area contributed by atoms with E-state index in [2.05, 4.69) is 0 Å². The zero-order valence-corrected chi connectivity index (χ0v) is 8.07. The number of rotatable bonds is 6. The molecule has 7 nitrogen and oxygen atoms in total. The van der Waals surface area contributed by atoms with E-state index < -0.39 is 36.2 Å². The standard InChI is InChI=1S/C8H14O7/c1-2-3(9)4(10)5(11)6(12)7(13)8(14)15/h4-7,10-13H,2H2,1H3,(H,14,15)/t4-,5+,6+,7+/m1/s1. The fraction of sp³-hybridized carbons (Fsp3) is 0.750. The Labute approximate surface area is 85.6 Å². The third kappa shape index (κ3) is 3.56. The molecule has 0 heterocycles. The molecule has 0 aliphatic heterocycles. The van der Waals surface area contributed by atoms with Crippen LogP contribution in [0.15, 0.2) is 0 Å². The number of carboxylic acid groups (broad SMARTS) is 1. The second-order valence-electron chi connectivity index (χ2n) is 3.03. The van der Waals surface area contributed by atoms with Crippen molar-refractivity contribution in [2.45, 2.75) is 37.8 Å². The van der Waals surface area contributed by atoms with E-state index in [-0.39, 0.29) is 6.42 Å². The van der Waals surface area contributed by atoms with Gasteiger partial charge in [0, 0.05) is 6.42 Å². The Hall–Kier alpha value is -1.02. The monoisotopic (exact) mass is 222 g/mol. The summed E-state index contributed by atoms with van der Waals surface area (Å²) in [5.41, 5.74) is 0. The second kappa shape index (κ2) is 5.76. The predicted octanol–water partition coefficient (Wildman–Crippen LogP) is -2.51. The number of ketones is 1. The minimum Gasteiger partial charge on any atom is -0.479 e. The minimum absolute atomic E-state index is 0.0753. The first-order valence-corrected chi connectivity index (χ1v) is 4.30. The Morgan fingerprint density at radius 1 is 1.00 bits per heavy atom. The lowest BCUT2D eigenvalue weighted by Gasteiger charge is -2.23. The van der Waals surface area contributed by atoms with Crippen LogP contribution in [-0.2, 0) is 9.59 Å². The van der Waals surface area contributed by atoms with Gasteiger partial charge < -0.3 is 25.5 Å². The number of Topliss-reactive ketones (excluding diaryl/α,β-unsaturated/α-hetero) is 1. The molecule has 0 fully saturated rings. The molecule has 0 aromatic heterocycles. The number of carbonyl (C=O) groups excluding carboxylic acids is 1. The minimum atomic E-state index is -2.25. The van der Waals surface area contributed by atoms with Crippen LogP contribution in [0.25, 0.3) is 0 Å². The summed E-state index contributed by atoms with van der Waals surface area (Å²) in [6, 6.07) is 0. The van der Waals surface area contributed by atoms with E-state index in [0.717, 1.165) is 0 Å². The lowest BCUT2D eigenvalue weighted by molar-refractivity contribution is -0.165. The van der Waals surface area contributed by atoms with Gasteiger partial charge in [0.15, 0.2) is 11.9 Å². The van der Waals surface area contributed by atoms with Crippen molar-refractivity contribution in [1.29, 1.82) is 0 Å². The van der Waals surface area contributed by atoms with Gasteiger partial charge in [-0.05, 0) is 0 Å². The Bertz CT molecular complexity index is 239. The summed E-state index contributed by atoms with van der Waals surface area (Å²) in [4.78, 5) is 21.1. The number of carboxylic acids is 1. The maximum absolute atomic E-state index is 10.9. The van der Waals surface area contributed by atoms with Crippen molar-refractivity contribution in [2.24, 2.45) is 0 Å². The highest BCUT2D eigenvalue weighted by atomic mass is 16.4. The average Bonchev–Trinajstić information content (AvgIpc) is 2.23. The molecule has 5 N–H and O–H groups in total. The number of hydrogen-bond donors (Lipinski definition) is 5. The van der Waals surface area contributed by atoms with Crippen molar-refractivity contribution < 1.29 is 35.1 Å². The van der Waals surface area contributed by atoms with Gasteiger partial charge in [-0.15, -0.1) is 0 Å².